The van der Waals surface area contributed by atoms with Gasteiger partial charge in [0.05, 0.1) is 6.04 Å². The summed E-state index contributed by atoms with van der Waals surface area (Å²) < 4.78 is 0. The van der Waals surface area contributed by atoms with Crippen LogP contribution in [0.15, 0.2) is 24.9 Å². The average Bonchev–Trinajstić information content (AvgIpc) is 2.99. The summed E-state index contributed by atoms with van der Waals surface area (Å²) in [5.41, 5.74) is 0.549. The molecule has 136 valence electrons. The van der Waals surface area contributed by atoms with Crippen LogP contribution in [0, 0.1) is 29.6 Å². The van der Waals surface area contributed by atoms with Gasteiger partial charge >= 0.3 is 0 Å². The zero-order valence-corrected chi connectivity index (χ0v) is 15.5. The molecule has 0 spiro atoms. The minimum absolute atomic E-state index is 0.0725. The molecule has 1 aliphatic carbocycles. The van der Waals surface area contributed by atoms with Gasteiger partial charge in [0.1, 0.15) is 6.04 Å². The minimum Gasteiger partial charge on any atom is -0.366 e. The molecule has 3 unspecified atom stereocenters. The highest BCUT2D eigenvalue weighted by atomic mass is 16.2. The number of hydrogen-bond donors (Lipinski definition) is 2. The molecule has 5 heteroatoms. The van der Waals surface area contributed by atoms with Gasteiger partial charge in [0.25, 0.3) is 0 Å². The third kappa shape index (κ3) is 3.30. The standard InChI is InChI=1S/C20H29N3O2/c1-7-10-11-15(13(4)18(24)21-6)22-19(25)17-16-14(12-23(17)9-3)20(16,5)8-2/h1,9,14-17H,3-4,8,10-12H2,2,5-6H3,(H,21,24)(H,22,25)/t14-,15?,16-,17?,20?/m0/s1. The maximum atomic E-state index is 13.0. The summed E-state index contributed by atoms with van der Waals surface area (Å²) in [4.78, 5) is 27.0. The third-order valence-corrected chi connectivity index (χ3v) is 6.14. The molecule has 2 amide bonds. The molecule has 0 aromatic carbocycles. The SMILES string of the molecule is C#CCCC(NC(=O)C1[C@@H]2[C@H](CN1C=C)C2(C)CC)C(=C)C(=O)NC. The fraction of sp³-hybridized carbons (Fsp3) is 0.600. The number of likely N-dealkylation sites (N-methyl/N-ethyl adjacent to an activating group) is 1. The Morgan fingerprint density at radius 2 is 2.20 bits per heavy atom. The van der Waals surface area contributed by atoms with E-state index in [-0.39, 0.29) is 23.3 Å². The summed E-state index contributed by atoms with van der Waals surface area (Å²) in [6, 6.07) is -0.695. The lowest BCUT2D eigenvalue weighted by atomic mass is 9.95. The smallest absolute Gasteiger partial charge is 0.248 e. The summed E-state index contributed by atoms with van der Waals surface area (Å²) in [6.07, 6.45) is 9.12. The number of likely N-dealkylation sites (tertiary alicyclic amines) is 1. The number of fused-ring (bicyclic) bond motifs is 1. The molecule has 2 fully saturated rings. The summed E-state index contributed by atoms with van der Waals surface area (Å²) in [5, 5.41) is 5.56. The normalized spacial score (nSPS) is 30.6. The highest BCUT2D eigenvalue weighted by molar-refractivity contribution is 5.95. The molecule has 2 aliphatic rings. The highest BCUT2D eigenvalue weighted by Gasteiger charge is 2.69. The number of carbonyl (C=O) groups excluding carboxylic acids is 2. The van der Waals surface area contributed by atoms with Crippen molar-refractivity contribution in [2.75, 3.05) is 13.6 Å². The van der Waals surface area contributed by atoms with Crippen molar-refractivity contribution in [1.82, 2.24) is 15.5 Å². The van der Waals surface area contributed by atoms with Crippen molar-refractivity contribution in [3.05, 3.63) is 24.9 Å². The zero-order chi connectivity index (χ0) is 18.8. The van der Waals surface area contributed by atoms with Gasteiger partial charge in [-0.05, 0) is 29.9 Å². The largest absolute Gasteiger partial charge is 0.366 e. The molecule has 1 saturated heterocycles. The highest BCUT2D eigenvalue weighted by Crippen LogP contribution is 2.66. The second-order valence-electron chi connectivity index (χ2n) is 7.22. The van der Waals surface area contributed by atoms with Gasteiger partial charge in [0, 0.05) is 25.6 Å². The van der Waals surface area contributed by atoms with Crippen LogP contribution in [0.5, 0.6) is 0 Å². The number of terminal acetylenes is 1. The third-order valence-electron chi connectivity index (χ3n) is 6.14. The van der Waals surface area contributed by atoms with Crippen LogP contribution in [-0.4, -0.2) is 42.4 Å². The van der Waals surface area contributed by atoms with E-state index in [0.717, 1.165) is 13.0 Å². The lowest BCUT2D eigenvalue weighted by Crippen LogP contribution is -2.50. The van der Waals surface area contributed by atoms with E-state index in [1.807, 2.05) is 4.90 Å². The molecular weight excluding hydrogens is 314 g/mol. The van der Waals surface area contributed by atoms with Gasteiger partial charge in [0.15, 0.2) is 0 Å². The fourth-order valence-electron chi connectivity index (χ4n) is 4.29. The molecule has 1 aliphatic heterocycles. The topological polar surface area (TPSA) is 61.4 Å². The Hall–Kier alpha value is -2.22. The van der Waals surface area contributed by atoms with Crippen LogP contribution < -0.4 is 10.6 Å². The first-order valence-electron chi connectivity index (χ1n) is 8.88. The van der Waals surface area contributed by atoms with E-state index in [2.05, 4.69) is 43.6 Å². The molecule has 0 bridgehead atoms. The van der Waals surface area contributed by atoms with E-state index in [1.54, 1.807) is 13.2 Å². The summed E-state index contributed by atoms with van der Waals surface area (Å²) in [7, 11) is 1.55. The van der Waals surface area contributed by atoms with Crippen LogP contribution in [0.1, 0.15) is 33.1 Å². The summed E-state index contributed by atoms with van der Waals surface area (Å²) >= 11 is 0. The molecule has 2 N–H and O–H groups in total. The van der Waals surface area contributed by atoms with E-state index >= 15 is 0 Å². The summed E-state index contributed by atoms with van der Waals surface area (Å²) in [5.74, 6) is 3.06. The van der Waals surface area contributed by atoms with Gasteiger partial charge in [-0.2, -0.15) is 0 Å². The molecule has 0 aromatic rings. The van der Waals surface area contributed by atoms with Gasteiger partial charge in [-0.15, -0.1) is 12.3 Å². The number of carbonyl (C=O) groups is 2. The Balaban J connectivity index is 2.13. The van der Waals surface area contributed by atoms with Gasteiger partial charge in [-0.3, -0.25) is 9.59 Å². The van der Waals surface area contributed by atoms with Gasteiger partial charge in [0.2, 0.25) is 11.8 Å². The van der Waals surface area contributed by atoms with Crippen molar-refractivity contribution < 1.29 is 9.59 Å². The minimum atomic E-state index is -0.458. The maximum Gasteiger partial charge on any atom is 0.248 e. The van der Waals surface area contributed by atoms with Crippen molar-refractivity contribution in [2.24, 2.45) is 17.3 Å². The Morgan fingerprint density at radius 1 is 1.52 bits per heavy atom. The monoisotopic (exact) mass is 343 g/mol. The number of rotatable bonds is 8. The van der Waals surface area contributed by atoms with Crippen LogP contribution in [0.4, 0.5) is 0 Å². The average molecular weight is 343 g/mol. The van der Waals surface area contributed by atoms with Gasteiger partial charge in [-0.1, -0.05) is 33.4 Å². The zero-order valence-electron chi connectivity index (χ0n) is 15.5. The van der Waals surface area contributed by atoms with Crippen molar-refractivity contribution in [2.45, 2.75) is 45.2 Å². The Labute approximate surface area is 150 Å². The van der Waals surface area contributed by atoms with E-state index < -0.39 is 6.04 Å². The van der Waals surface area contributed by atoms with E-state index in [1.165, 1.54) is 0 Å². The van der Waals surface area contributed by atoms with Crippen LogP contribution in [-0.2, 0) is 9.59 Å². The van der Waals surface area contributed by atoms with E-state index in [4.69, 9.17) is 6.42 Å². The quantitative estimate of drug-likeness (QED) is 0.521. The molecule has 0 aromatic heterocycles. The molecule has 1 saturated carbocycles. The van der Waals surface area contributed by atoms with Crippen LogP contribution >= 0.6 is 0 Å². The molecule has 2 rings (SSSR count). The number of hydrogen-bond acceptors (Lipinski definition) is 3. The number of amides is 2. The Bertz CT molecular complexity index is 621. The maximum absolute atomic E-state index is 13.0. The molecule has 25 heavy (non-hydrogen) atoms. The predicted molar refractivity (Wildman–Crippen MR) is 99.3 cm³/mol. The first kappa shape index (κ1) is 19.1. The van der Waals surface area contributed by atoms with Gasteiger partial charge < -0.3 is 15.5 Å². The first-order chi connectivity index (χ1) is 11.8. The molecule has 0 radical (unpaired) electrons. The number of nitrogens with zero attached hydrogens (tertiary/aromatic N) is 1. The van der Waals surface area contributed by atoms with Gasteiger partial charge in [-0.25, -0.2) is 0 Å². The first-order valence-corrected chi connectivity index (χ1v) is 8.88. The fourth-order valence-corrected chi connectivity index (χ4v) is 4.29. The summed E-state index contributed by atoms with van der Waals surface area (Å²) in [6.45, 7) is 13.0. The predicted octanol–water partition coefficient (Wildman–Crippen LogP) is 1.68. The van der Waals surface area contributed by atoms with E-state index in [9.17, 15) is 9.59 Å². The van der Waals surface area contributed by atoms with Crippen molar-refractivity contribution >= 4 is 11.8 Å². The Morgan fingerprint density at radius 3 is 2.72 bits per heavy atom. The molecule has 5 nitrogen and oxygen atoms in total. The molecule has 1 heterocycles. The van der Waals surface area contributed by atoms with Crippen molar-refractivity contribution in [1.29, 1.82) is 0 Å². The lowest BCUT2D eigenvalue weighted by molar-refractivity contribution is -0.126. The lowest BCUT2D eigenvalue weighted by Gasteiger charge is -2.31. The number of nitrogens with one attached hydrogen (secondary N) is 2. The molecular formula is C20H29N3O2. The van der Waals surface area contributed by atoms with Crippen LogP contribution in [0.2, 0.25) is 0 Å². The Kier molecular flexibility index (Phi) is 5.62. The van der Waals surface area contributed by atoms with Crippen LogP contribution in [0.25, 0.3) is 0 Å². The van der Waals surface area contributed by atoms with Crippen molar-refractivity contribution in [3.63, 3.8) is 0 Å². The second kappa shape index (κ2) is 7.35. The second-order valence-corrected chi connectivity index (χ2v) is 7.22. The number of piperidine rings is 1. The molecule has 5 atom stereocenters. The van der Waals surface area contributed by atoms with E-state index in [0.29, 0.717) is 30.3 Å². The van der Waals surface area contributed by atoms with Crippen molar-refractivity contribution in [3.8, 4) is 12.3 Å². The van der Waals surface area contributed by atoms with Crippen LogP contribution in [0.3, 0.4) is 0 Å².